The summed E-state index contributed by atoms with van der Waals surface area (Å²) in [4.78, 5) is 3.04. The van der Waals surface area contributed by atoms with Gasteiger partial charge in [-0.15, -0.1) is 0 Å². The molecule has 0 saturated heterocycles. The molecule has 3 heteroatoms. The van der Waals surface area contributed by atoms with Gasteiger partial charge in [0.25, 0.3) is 0 Å². The summed E-state index contributed by atoms with van der Waals surface area (Å²) >= 11 is 0. The maximum atomic E-state index is 13.7. The molecule has 0 aliphatic carbocycles. The fourth-order valence-electron chi connectivity index (χ4n) is 1.62. The highest BCUT2D eigenvalue weighted by molar-refractivity contribution is 5.84. The van der Waals surface area contributed by atoms with Crippen molar-refractivity contribution >= 4 is 10.9 Å². The van der Waals surface area contributed by atoms with Crippen molar-refractivity contribution in [3.8, 4) is 0 Å². The van der Waals surface area contributed by atoms with Gasteiger partial charge in [-0.2, -0.15) is 0 Å². The number of para-hydroxylation sites is 1. The van der Waals surface area contributed by atoms with Gasteiger partial charge in [0, 0.05) is 42.8 Å². The molecule has 0 aliphatic heterocycles. The van der Waals surface area contributed by atoms with Gasteiger partial charge in [0.1, 0.15) is 0 Å². The number of hydrogen-bond acceptors (Lipinski definition) is 1. The summed E-state index contributed by atoms with van der Waals surface area (Å²) in [5.74, 6) is 0. The van der Waals surface area contributed by atoms with Crippen LogP contribution in [-0.4, -0.2) is 18.7 Å². The minimum absolute atomic E-state index is 0.130. The second-order valence-electron chi connectivity index (χ2n) is 3.40. The van der Waals surface area contributed by atoms with Crippen LogP contribution in [0.3, 0.4) is 0 Å². The number of aromatic nitrogens is 1. The number of aromatic amines is 1. The van der Waals surface area contributed by atoms with Crippen LogP contribution in [0.15, 0.2) is 30.5 Å². The normalized spacial score (nSPS) is 11.4. The Morgan fingerprint density at radius 3 is 3.00 bits per heavy atom. The third-order valence-corrected chi connectivity index (χ3v) is 2.41. The lowest BCUT2D eigenvalue weighted by atomic mass is 10.1. The second-order valence-corrected chi connectivity index (χ2v) is 3.40. The third kappa shape index (κ3) is 2.02. The van der Waals surface area contributed by atoms with E-state index in [1.54, 1.807) is 13.3 Å². The predicted molar refractivity (Wildman–Crippen MR) is 58.2 cm³/mol. The fourth-order valence-corrected chi connectivity index (χ4v) is 1.62. The molecular formula is C12H13FNO. The van der Waals surface area contributed by atoms with Crippen molar-refractivity contribution < 1.29 is 9.13 Å². The van der Waals surface area contributed by atoms with Crippen molar-refractivity contribution in [3.63, 3.8) is 0 Å². The molecule has 0 aliphatic rings. The Labute approximate surface area is 88.1 Å². The number of benzene rings is 1. The highest BCUT2D eigenvalue weighted by Crippen LogP contribution is 2.27. The van der Waals surface area contributed by atoms with Crippen LogP contribution in [-0.2, 0) is 4.74 Å². The quantitative estimate of drug-likeness (QED) is 0.817. The monoisotopic (exact) mass is 206 g/mol. The van der Waals surface area contributed by atoms with Crippen molar-refractivity contribution in [1.82, 2.24) is 4.98 Å². The minimum atomic E-state index is -0.130. The molecule has 0 bridgehead atoms. The molecule has 1 aromatic heterocycles. The van der Waals surface area contributed by atoms with Gasteiger partial charge in [0.2, 0.25) is 0 Å². The summed E-state index contributed by atoms with van der Waals surface area (Å²) < 4.78 is 18.6. The molecule has 0 fully saturated rings. The van der Waals surface area contributed by atoms with Crippen molar-refractivity contribution in [2.24, 2.45) is 0 Å². The smallest absolute Gasteiger partial charge is 0.178 e. The summed E-state index contributed by atoms with van der Waals surface area (Å²) in [6, 6.07) is 7.68. The van der Waals surface area contributed by atoms with E-state index in [0.717, 1.165) is 10.9 Å². The van der Waals surface area contributed by atoms with E-state index in [-0.39, 0.29) is 6.17 Å². The van der Waals surface area contributed by atoms with Gasteiger partial charge in [0.05, 0.1) is 0 Å². The molecule has 1 aromatic carbocycles. The summed E-state index contributed by atoms with van der Waals surface area (Å²) in [5, 5.41) is 0.922. The van der Waals surface area contributed by atoms with Crippen LogP contribution in [0.5, 0.6) is 0 Å². The molecule has 15 heavy (non-hydrogen) atoms. The van der Waals surface area contributed by atoms with Crippen molar-refractivity contribution in [3.05, 3.63) is 42.2 Å². The number of H-pyrrole nitrogens is 1. The molecule has 0 saturated carbocycles. The Morgan fingerprint density at radius 2 is 2.20 bits per heavy atom. The lowest BCUT2D eigenvalue weighted by molar-refractivity contribution is 0.189. The van der Waals surface area contributed by atoms with Crippen LogP contribution < -0.4 is 0 Å². The predicted octanol–water partition coefficient (Wildman–Crippen LogP) is 3.05. The maximum Gasteiger partial charge on any atom is 0.178 e. The number of nitrogens with one attached hydrogen (secondary N) is 1. The average molecular weight is 206 g/mol. The number of ether oxygens (including phenoxy) is 1. The molecule has 2 nitrogen and oxygen atoms in total. The standard InChI is InChI=1S/C12H13FNO/c1-15-7-6-11(13)10-8-14-12-5-3-2-4-9(10)12/h2-5,8,14H,6-7H2,1H3. The van der Waals surface area contributed by atoms with Gasteiger partial charge in [-0.1, -0.05) is 18.2 Å². The summed E-state index contributed by atoms with van der Waals surface area (Å²) in [6.07, 6.45) is 1.89. The van der Waals surface area contributed by atoms with E-state index in [1.807, 2.05) is 24.3 Å². The van der Waals surface area contributed by atoms with Crippen LogP contribution in [0.4, 0.5) is 4.39 Å². The van der Waals surface area contributed by atoms with E-state index in [4.69, 9.17) is 4.74 Å². The Kier molecular flexibility index (Phi) is 3.02. The molecule has 0 unspecified atom stereocenters. The van der Waals surface area contributed by atoms with E-state index < -0.39 is 0 Å². The Bertz CT molecular complexity index is 438. The lowest BCUT2D eigenvalue weighted by Gasteiger charge is -2.04. The van der Waals surface area contributed by atoms with Gasteiger partial charge in [-0.3, -0.25) is 0 Å². The molecule has 79 valence electrons. The van der Waals surface area contributed by atoms with Gasteiger partial charge >= 0.3 is 0 Å². The zero-order chi connectivity index (χ0) is 10.7. The van der Waals surface area contributed by atoms with Crippen LogP contribution >= 0.6 is 0 Å². The van der Waals surface area contributed by atoms with Crippen LogP contribution in [0, 0.1) is 6.17 Å². The Hall–Kier alpha value is -1.35. The van der Waals surface area contributed by atoms with E-state index >= 15 is 0 Å². The number of methoxy groups -OCH3 is 1. The largest absolute Gasteiger partial charge is 0.385 e. The summed E-state index contributed by atoms with van der Waals surface area (Å²) in [5.41, 5.74) is 1.60. The van der Waals surface area contributed by atoms with E-state index in [0.29, 0.717) is 18.6 Å². The summed E-state index contributed by atoms with van der Waals surface area (Å²) in [7, 11) is 1.57. The zero-order valence-corrected chi connectivity index (χ0v) is 8.59. The van der Waals surface area contributed by atoms with Gasteiger partial charge in [-0.25, -0.2) is 4.39 Å². The molecule has 2 aromatic rings. The van der Waals surface area contributed by atoms with Gasteiger partial charge in [-0.05, 0) is 6.07 Å². The number of fused-ring (bicyclic) bond motifs is 1. The Morgan fingerprint density at radius 1 is 1.40 bits per heavy atom. The number of rotatable bonds is 4. The van der Waals surface area contributed by atoms with Gasteiger partial charge < -0.3 is 9.72 Å². The van der Waals surface area contributed by atoms with E-state index in [2.05, 4.69) is 4.98 Å². The van der Waals surface area contributed by atoms with Gasteiger partial charge in [0.15, 0.2) is 6.17 Å². The highest BCUT2D eigenvalue weighted by Gasteiger charge is 2.15. The number of hydrogen-bond donors (Lipinski definition) is 1. The molecule has 0 spiro atoms. The van der Waals surface area contributed by atoms with Crippen molar-refractivity contribution in [2.75, 3.05) is 13.7 Å². The molecule has 0 amide bonds. The lowest BCUT2D eigenvalue weighted by Crippen LogP contribution is -1.97. The van der Waals surface area contributed by atoms with Crippen LogP contribution in [0.1, 0.15) is 12.0 Å². The molecule has 0 atom stereocenters. The first-order chi connectivity index (χ1) is 7.33. The molecular weight excluding hydrogens is 193 g/mol. The topological polar surface area (TPSA) is 25.0 Å². The van der Waals surface area contributed by atoms with Crippen LogP contribution in [0.25, 0.3) is 10.9 Å². The first-order valence-electron chi connectivity index (χ1n) is 4.89. The maximum absolute atomic E-state index is 13.7. The minimum Gasteiger partial charge on any atom is -0.385 e. The molecule has 2 rings (SSSR count). The van der Waals surface area contributed by atoms with Crippen molar-refractivity contribution in [2.45, 2.75) is 6.42 Å². The molecule has 1 radical (unpaired) electrons. The second kappa shape index (κ2) is 4.45. The van der Waals surface area contributed by atoms with E-state index in [9.17, 15) is 4.39 Å². The Balaban J connectivity index is 2.27. The summed E-state index contributed by atoms with van der Waals surface area (Å²) in [6.45, 7) is 0.408. The van der Waals surface area contributed by atoms with Crippen LogP contribution in [0.2, 0.25) is 0 Å². The molecule has 1 heterocycles. The fraction of sp³-hybridized carbons (Fsp3) is 0.250. The highest BCUT2D eigenvalue weighted by atomic mass is 19.1. The zero-order valence-electron chi connectivity index (χ0n) is 8.59. The third-order valence-electron chi connectivity index (χ3n) is 2.41. The number of halogens is 1. The first-order valence-corrected chi connectivity index (χ1v) is 4.89. The first kappa shape index (κ1) is 10.2. The van der Waals surface area contributed by atoms with E-state index in [1.165, 1.54) is 0 Å². The average Bonchev–Trinajstić information content (AvgIpc) is 2.69. The van der Waals surface area contributed by atoms with Crippen molar-refractivity contribution in [1.29, 1.82) is 0 Å². The SMILES string of the molecule is COCC[C](F)c1c[nH]c2ccccc12. The molecule has 1 N–H and O–H groups in total.